The highest BCUT2D eigenvalue weighted by Gasteiger charge is 2.39. The number of sulfone groups is 1. The van der Waals surface area contributed by atoms with Crippen molar-refractivity contribution >= 4 is 15.7 Å². The van der Waals surface area contributed by atoms with Crippen LogP contribution < -0.4 is 10.1 Å². The Labute approximate surface area is 179 Å². The third-order valence-corrected chi connectivity index (χ3v) is 8.21. The zero-order valence-corrected chi connectivity index (χ0v) is 19.1. The van der Waals surface area contributed by atoms with Gasteiger partial charge in [0.05, 0.1) is 29.2 Å². The molecule has 2 unspecified atom stereocenters. The first-order chi connectivity index (χ1) is 14.0. The summed E-state index contributed by atoms with van der Waals surface area (Å²) in [5, 5.41) is 13.9. The molecule has 0 saturated carbocycles. The second kappa shape index (κ2) is 8.85. The maximum atomic E-state index is 12.5. The van der Waals surface area contributed by atoms with Crippen molar-refractivity contribution in [3.8, 4) is 5.75 Å². The minimum absolute atomic E-state index is 0.00130. The lowest BCUT2D eigenvalue weighted by Gasteiger charge is -2.28. The molecule has 3 rings (SSSR count). The minimum Gasteiger partial charge on any atom is -0.491 e. The van der Waals surface area contributed by atoms with Crippen LogP contribution in [0.5, 0.6) is 5.75 Å². The molecule has 1 aromatic carbocycles. The number of nitrogens with zero attached hydrogens (tertiary/aromatic N) is 1. The summed E-state index contributed by atoms with van der Waals surface area (Å²) in [6.07, 6.45) is 2.37. The van der Waals surface area contributed by atoms with E-state index in [0.717, 1.165) is 17.7 Å². The first-order valence-corrected chi connectivity index (χ1v) is 12.5. The Morgan fingerprint density at radius 1 is 1.20 bits per heavy atom. The van der Waals surface area contributed by atoms with Gasteiger partial charge in [-0.15, -0.1) is 0 Å². The Hall–Kier alpha value is -1.64. The van der Waals surface area contributed by atoms with Gasteiger partial charge in [-0.3, -0.25) is 9.69 Å². The van der Waals surface area contributed by atoms with E-state index < -0.39 is 21.0 Å². The molecule has 2 saturated heterocycles. The van der Waals surface area contributed by atoms with Gasteiger partial charge < -0.3 is 15.2 Å². The van der Waals surface area contributed by atoms with E-state index in [1.807, 2.05) is 30.0 Å². The average Bonchev–Trinajstić information content (AvgIpc) is 2.81. The van der Waals surface area contributed by atoms with Gasteiger partial charge in [-0.1, -0.05) is 6.07 Å². The maximum absolute atomic E-state index is 12.5. The smallest absolute Gasteiger partial charge is 0.234 e. The van der Waals surface area contributed by atoms with Crippen LogP contribution in [-0.4, -0.2) is 73.2 Å². The van der Waals surface area contributed by atoms with Gasteiger partial charge in [-0.05, 0) is 76.3 Å². The number of nitrogens with one attached hydrogen (secondary N) is 1. The van der Waals surface area contributed by atoms with Crippen molar-refractivity contribution in [2.75, 3.05) is 37.7 Å². The summed E-state index contributed by atoms with van der Waals surface area (Å²) in [5.41, 5.74) is 0.757. The second-order valence-corrected chi connectivity index (χ2v) is 11.5. The summed E-state index contributed by atoms with van der Waals surface area (Å²) in [7, 11) is -3.06. The zero-order chi connectivity index (χ0) is 22.0. The second-order valence-electron chi connectivity index (χ2n) is 9.34. The van der Waals surface area contributed by atoms with E-state index in [9.17, 15) is 18.3 Å². The highest BCUT2D eigenvalue weighted by atomic mass is 32.2. The molecule has 0 bridgehead atoms. The first-order valence-electron chi connectivity index (χ1n) is 10.6. The van der Waals surface area contributed by atoms with Crippen LogP contribution in [0.2, 0.25) is 0 Å². The number of amides is 1. The van der Waals surface area contributed by atoms with Gasteiger partial charge in [0, 0.05) is 6.54 Å². The van der Waals surface area contributed by atoms with Crippen molar-refractivity contribution in [1.82, 2.24) is 10.2 Å². The molecule has 2 aliphatic rings. The van der Waals surface area contributed by atoms with E-state index in [2.05, 4.69) is 12.2 Å². The van der Waals surface area contributed by atoms with Crippen LogP contribution in [0.1, 0.15) is 43.7 Å². The molecule has 2 N–H and O–H groups in total. The van der Waals surface area contributed by atoms with Crippen LogP contribution >= 0.6 is 0 Å². The highest BCUT2D eigenvalue weighted by Crippen LogP contribution is 2.26. The molecule has 0 aromatic heterocycles. The summed E-state index contributed by atoms with van der Waals surface area (Å²) in [6.45, 7) is 7.63. The third-order valence-electron chi connectivity index (χ3n) is 6.31. The van der Waals surface area contributed by atoms with Gasteiger partial charge in [-0.25, -0.2) is 8.42 Å². The lowest BCUT2D eigenvalue weighted by Crippen LogP contribution is -2.50. The molecule has 7 nitrogen and oxygen atoms in total. The Bertz CT molecular complexity index is 888. The number of rotatable bonds is 6. The standard InChI is InChI=1S/C22H34N2O5S/c1-17-5-6-19(13-18(17)2)29-15-22(26)7-4-10-24(11-8-22)14-20(25)23-21(3)9-12-30(27,28)16-21/h5-6,13,26H,4,7-12,14-16H2,1-3H3,(H,23,25). The molecular formula is C22H34N2O5S. The molecule has 8 heteroatoms. The van der Waals surface area contributed by atoms with Gasteiger partial charge in [0.15, 0.2) is 9.84 Å². The van der Waals surface area contributed by atoms with E-state index in [4.69, 9.17) is 4.74 Å². The van der Waals surface area contributed by atoms with Crippen LogP contribution in [0.3, 0.4) is 0 Å². The fraction of sp³-hybridized carbons (Fsp3) is 0.682. The number of hydrogen-bond acceptors (Lipinski definition) is 6. The number of aryl methyl sites for hydroxylation is 2. The molecular weight excluding hydrogens is 404 g/mol. The summed E-state index contributed by atoms with van der Waals surface area (Å²) < 4.78 is 29.3. The van der Waals surface area contributed by atoms with Crippen molar-refractivity contribution in [2.24, 2.45) is 0 Å². The van der Waals surface area contributed by atoms with Gasteiger partial charge in [-0.2, -0.15) is 0 Å². The molecule has 2 atom stereocenters. The van der Waals surface area contributed by atoms with Gasteiger partial charge in [0.2, 0.25) is 5.91 Å². The zero-order valence-electron chi connectivity index (χ0n) is 18.2. The molecule has 0 spiro atoms. The summed E-state index contributed by atoms with van der Waals surface area (Å²) in [5.74, 6) is 0.723. The molecule has 1 aromatic rings. The first kappa shape index (κ1) is 23.0. The summed E-state index contributed by atoms with van der Waals surface area (Å²) in [4.78, 5) is 14.5. The lowest BCUT2D eigenvalue weighted by atomic mass is 9.96. The average molecular weight is 439 g/mol. The fourth-order valence-electron chi connectivity index (χ4n) is 4.25. The minimum atomic E-state index is -3.06. The van der Waals surface area contributed by atoms with Crippen molar-refractivity contribution in [3.63, 3.8) is 0 Å². The van der Waals surface area contributed by atoms with E-state index in [1.165, 1.54) is 5.56 Å². The molecule has 0 radical (unpaired) electrons. The number of likely N-dealkylation sites (tertiary alicyclic amines) is 1. The van der Waals surface area contributed by atoms with Crippen LogP contribution in [0.15, 0.2) is 18.2 Å². The van der Waals surface area contributed by atoms with Gasteiger partial charge in [0.25, 0.3) is 0 Å². The number of carbonyl (C=O) groups is 1. The van der Waals surface area contributed by atoms with Crippen LogP contribution in [-0.2, 0) is 14.6 Å². The number of carbonyl (C=O) groups excluding carboxylic acids is 1. The molecule has 0 aliphatic carbocycles. The predicted molar refractivity (Wildman–Crippen MR) is 116 cm³/mol. The van der Waals surface area contributed by atoms with Crippen molar-refractivity contribution in [2.45, 2.75) is 57.6 Å². The Balaban J connectivity index is 1.49. The number of benzene rings is 1. The Morgan fingerprint density at radius 2 is 1.97 bits per heavy atom. The fourth-order valence-corrected chi connectivity index (χ4v) is 6.34. The molecule has 168 valence electrons. The topological polar surface area (TPSA) is 95.9 Å². The number of aliphatic hydroxyl groups is 1. The Kier molecular flexibility index (Phi) is 6.79. The molecule has 30 heavy (non-hydrogen) atoms. The maximum Gasteiger partial charge on any atom is 0.234 e. The van der Waals surface area contributed by atoms with Crippen molar-refractivity contribution < 1.29 is 23.1 Å². The van der Waals surface area contributed by atoms with E-state index in [1.54, 1.807) is 6.92 Å². The summed E-state index contributed by atoms with van der Waals surface area (Å²) >= 11 is 0. The van der Waals surface area contributed by atoms with Gasteiger partial charge >= 0.3 is 0 Å². The van der Waals surface area contributed by atoms with E-state index in [-0.39, 0.29) is 30.6 Å². The highest BCUT2D eigenvalue weighted by molar-refractivity contribution is 7.91. The van der Waals surface area contributed by atoms with Crippen molar-refractivity contribution in [3.05, 3.63) is 29.3 Å². The monoisotopic (exact) mass is 438 g/mol. The summed E-state index contributed by atoms with van der Waals surface area (Å²) in [6, 6.07) is 5.91. The van der Waals surface area contributed by atoms with E-state index in [0.29, 0.717) is 32.4 Å². The van der Waals surface area contributed by atoms with Crippen LogP contribution in [0.4, 0.5) is 0 Å². The molecule has 2 fully saturated rings. The van der Waals surface area contributed by atoms with Crippen molar-refractivity contribution in [1.29, 1.82) is 0 Å². The molecule has 1 amide bonds. The largest absolute Gasteiger partial charge is 0.491 e. The predicted octanol–water partition coefficient (Wildman–Crippen LogP) is 1.59. The normalized spacial score (nSPS) is 29.3. The van der Waals surface area contributed by atoms with Gasteiger partial charge in [0.1, 0.15) is 12.4 Å². The van der Waals surface area contributed by atoms with Crippen LogP contribution in [0.25, 0.3) is 0 Å². The van der Waals surface area contributed by atoms with Crippen LogP contribution in [0, 0.1) is 13.8 Å². The quantitative estimate of drug-likeness (QED) is 0.700. The molecule has 2 aliphatic heterocycles. The lowest BCUT2D eigenvalue weighted by molar-refractivity contribution is -0.123. The third kappa shape index (κ3) is 6.18. The molecule has 2 heterocycles. The SMILES string of the molecule is Cc1ccc(OCC2(O)CCCN(CC(=O)NC3(C)CCS(=O)(=O)C3)CC2)cc1C. The van der Waals surface area contributed by atoms with E-state index >= 15 is 0 Å². The Morgan fingerprint density at radius 3 is 2.63 bits per heavy atom. The number of ether oxygens (including phenoxy) is 1. The number of hydrogen-bond donors (Lipinski definition) is 2.